The molecule has 1 aromatic carbocycles. The van der Waals surface area contributed by atoms with Crippen LogP contribution < -0.4 is 4.74 Å². The molecule has 0 unspecified atom stereocenters. The molecule has 2 atom stereocenters. The fourth-order valence-corrected chi connectivity index (χ4v) is 4.60. The molecule has 0 radical (unpaired) electrons. The molecule has 0 aliphatic carbocycles. The van der Waals surface area contributed by atoms with E-state index in [2.05, 4.69) is 15.1 Å². The highest BCUT2D eigenvalue weighted by Gasteiger charge is 2.38. The SMILES string of the molecule is COc1cccc2c1CC[C@@H]1CC[C@@H](c3nc(-c4cc(C)c[nH]4)no3)CN1C2=O. The van der Waals surface area contributed by atoms with E-state index in [1.54, 1.807) is 7.11 Å². The first-order valence-corrected chi connectivity index (χ1v) is 10.1. The van der Waals surface area contributed by atoms with Gasteiger partial charge in [0, 0.05) is 29.9 Å². The van der Waals surface area contributed by atoms with E-state index in [-0.39, 0.29) is 17.9 Å². The molecule has 7 nitrogen and oxygen atoms in total. The predicted octanol–water partition coefficient (Wildman–Crippen LogP) is 3.72. The molecule has 150 valence electrons. The highest BCUT2D eigenvalue weighted by molar-refractivity contribution is 5.97. The van der Waals surface area contributed by atoms with Gasteiger partial charge in [0.2, 0.25) is 11.7 Å². The van der Waals surface area contributed by atoms with Crippen molar-refractivity contribution in [2.75, 3.05) is 13.7 Å². The first kappa shape index (κ1) is 18.0. The molecule has 1 fully saturated rings. The van der Waals surface area contributed by atoms with E-state index in [0.29, 0.717) is 18.3 Å². The van der Waals surface area contributed by atoms with Crippen LogP contribution in [0.4, 0.5) is 0 Å². The van der Waals surface area contributed by atoms with Crippen LogP contribution in [-0.4, -0.2) is 45.6 Å². The fraction of sp³-hybridized carbons (Fsp3) is 0.409. The molecule has 1 saturated heterocycles. The minimum Gasteiger partial charge on any atom is -0.496 e. The molecule has 3 aromatic rings. The van der Waals surface area contributed by atoms with E-state index >= 15 is 0 Å². The smallest absolute Gasteiger partial charge is 0.254 e. The second kappa shape index (κ2) is 7.06. The largest absolute Gasteiger partial charge is 0.496 e. The van der Waals surface area contributed by atoms with E-state index in [0.717, 1.165) is 53.8 Å². The zero-order valence-electron chi connectivity index (χ0n) is 16.6. The summed E-state index contributed by atoms with van der Waals surface area (Å²) in [7, 11) is 1.66. The van der Waals surface area contributed by atoms with Crippen LogP contribution in [0, 0.1) is 6.92 Å². The van der Waals surface area contributed by atoms with Gasteiger partial charge in [-0.3, -0.25) is 4.79 Å². The zero-order valence-corrected chi connectivity index (χ0v) is 16.6. The molecule has 0 saturated carbocycles. The Balaban J connectivity index is 1.41. The van der Waals surface area contributed by atoms with Crippen LogP contribution in [0.2, 0.25) is 0 Å². The Kier molecular flexibility index (Phi) is 4.38. The van der Waals surface area contributed by atoms with Crippen LogP contribution in [0.5, 0.6) is 5.75 Å². The number of ether oxygens (including phenoxy) is 1. The first-order chi connectivity index (χ1) is 14.1. The highest BCUT2D eigenvalue weighted by Crippen LogP contribution is 2.37. The van der Waals surface area contributed by atoms with E-state index in [1.807, 2.05) is 42.3 Å². The number of piperidine rings is 1. The van der Waals surface area contributed by atoms with E-state index in [4.69, 9.17) is 9.26 Å². The van der Waals surface area contributed by atoms with Gasteiger partial charge < -0.3 is 19.1 Å². The third-order valence-corrected chi connectivity index (χ3v) is 6.14. The molecular formula is C22H24N4O3. The molecule has 1 N–H and O–H groups in total. The molecule has 29 heavy (non-hydrogen) atoms. The summed E-state index contributed by atoms with van der Waals surface area (Å²) in [5, 5.41) is 4.14. The number of rotatable bonds is 3. The van der Waals surface area contributed by atoms with Crippen molar-refractivity contribution < 1.29 is 14.1 Å². The summed E-state index contributed by atoms with van der Waals surface area (Å²) in [5.74, 6) is 2.10. The molecule has 2 aliphatic rings. The van der Waals surface area contributed by atoms with Crippen molar-refractivity contribution >= 4 is 5.91 Å². The van der Waals surface area contributed by atoms with Crippen LogP contribution in [0.25, 0.3) is 11.5 Å². The van der Waals surface area contributed by atoms with Gasteiger partial charge in [0.15, 0.2) is 0 Å². The monoisotopic (exact) mass is 392 g/mol. The normalized spacial score (nSPS) is 21.4. The summed E-state index contributed by atoms with van der Waals surface area (Å²) >= 11 is 0. The van der Waals surface area contributed by atoms with Gasteiger partial charge in [0.25, 0.3) is 5.91 Å². The maximum Gasteiger partial charge on any atom is 0.254 e. The van der Waals surface area contributed by atoms with Gasteiger partial charge in [-0.15, -0.1) is 0 Å². The Morgan fingerprint density at radius 2 is 2.17 bits per heavy atom. The Hall–Kier alpha value is -3.09. The summed E-state index contributed by atoms with van der Waals surface area (Å²) in [5.41, 5.74) is 3.74. The number of nitrogens with zero attached hydrogens (tertiary/aromatic N) is 3. The van der Waals surface area contributed by atoms with Crippen LogP contribution in [0.1, 0.15) is 52.6 Å². The van der Waals surface area contributed by atoms with Gasteiger partial charge in [0.05, 0.1) is 18.7 Å². The molecule has 2 aromatic heterocycles. The fourth-order valence-electron chi connectivity index (χ4n) is 4.60. The minimum absolute atomic E-state index is 0.0552. The lowest BCUT2D eigenvalue weighted by molar-refractivity contribution is 0.0570. The Morgan fingerprint density at radius 1 is 1.28 bits per heavy atom. The summed E-state index contributed by atoms with van der Waals surface area (Å²) in [6.45, 7) is 2.62. The number of aromatic nitrogens is 3. The number of methoxy groups -OCH3 is 1. The number of aromatic amines is 1. The summed E-state index contributed by atoms with van der Waals surface area (Å²) in [4.78, 5) is 23.1. The van der Waals surface area contributed by atoms with Crippen molar-refractivity contribution in [2.24, 2.45) is 0 Å². The lowest BCUT2D eigenvalue weighted by Gasteiger charge is -2.37. The third-order valence-electron chi connectivity index (χ3n) is 6.14. The van der Waals surface area contributed by atoms with Gasteiger partial charge in [-0.1, -0.05) is 11.2 Å². The van der Waals surface area contributed by atoms with Crippen molar-refractivity contribution in [2.45, 2.75) is 44.6 Å². The Bertz CT molecular complexity index is 1050. The quantitative estimate of drug-likeness (QED) is 0.734. The number of carbonyl (C=O) groups is 1. The number of aryl methyl sites for hydroxylation is 1. The van der Waals surface area contributed by atoms with Crippen molar-refractivity contribution in [3.8, 4) is 17.3 Å². The maximum absolute atomic E-state index is 13.3. The molecule has 5 rings (SSSR count). The molecule has 7 heteroatoms. The van der Waals surface area contributed by atoms with Crippen LogP contribution >= 0.6 is 0 Å². The lowest BCUT2D eigenvalue weighted by Crippen LogP contribution is -2.45. The second-order valence-corrected chi connectivity index (χ2v) is 7.96. The van der Waals surface area contributed by atoms with E-state index in [1.165, 1.54) is 0 Å². The molecular weight excluding hydrogens is 368 g/mol. The highest BCUT2D eigenvalue weighted by atomic mass is 16.5. The average molecular weight is 392 g/mol. The standard InChI is InChI=1S/C22H24N4O3/c1-13-10-18(23-11-13)20-24-21(29-25-20)14-6-7-15-8-9-16-17(22(27)26(15)12-14)4-3-5-19(16)28-2/h3-5,10-11,14-15,23H,6-9,12H2,1-2H3/t14-,15+/m1/s1. The molecule has 0 spiro atoms. The molecule has 0 bridgehead atoms. The summed E-state index contributed by atoms with van der Waals surface area (Å²) in [6, 6.07) is 7.96. The molecule has 2 aliphatic heterocycles. The van der Waals surface area contributed by atoms with E-state index in [9.17, 15) is 4.79 Å². The van der Waals surface area contributed by atoms with E-state index < -0.39 is 0 Å². The Morgan fingerprint density at radius 3 is 2.97 bits per heavy atom. The van der Waals surface area contributed by atoms with Gasteiger partial charge in [0.1, 0.15) is 5.75 Å². The number of carbonyl (C=O) groups excluding carboxylic acids is 1. The number of fused-ring (bicyclic) bond motifs is 2. The van der Waals surface area contributed by atoms with Gasteiger partial charge in [-0.25, -0.2) is 0 Å². The van der Waals surface area contributed by atoms with Crippen LogP contribution in [-0.2, 0) is 6.42 Å². The van der Waals surface area contributed by atoms with Crippen LogP contribution in [0.3, 0.4) is 0 Å². The second-order valence-electron chi connectivity index (χ2n) is 7.96. The van der Waals surface area contributed by atoms with Gasteiger partial charge in [-0.05, 0) is 56.4 Å². The minimum atomic E-state index is 0.0552. The van der Waals surface area contributed by atoms with Crippen molar-refractivity contribution in [1.29, 1.82) is 0 Å². The first-order valence-electron chi connectivity index (χ1n) is 10.1. The number of H-pyrrole nitrogens is 1. The summed E-state index contributed by atoms with van der Waals surface area (Å²) < 4.78 is 11.1. The Labute approximate surface area is 169 Å². The van der Waals surface area contributed by atoms with Crippen LogP contribution in [0.15, 0.2) is 35.0 Å². The number of benzene rings is 1. The van der Waals surface area contributed by atoms with Gasteiger partial charge in [-0.2, -0.15) is 4.98 Å². The molecule has 1 amide bonds. The summed E-state index contributed by atoms with van der Waals surface area (Å²) in [6.07, 6.45) is 5.59. The maximum atomic E-state index is 13.3. The van der Waals surface area contributed by atoms with Gasteiger partial charge >= 0.3 is 0 Å². The average Bonchev–Trinajstić information content (AvgIpc) is 3.37. The zero-order chi connectivity index (χ0) is 20.0. The molecule has 4 heterocycles. The van der Waals surface area contributed by atoms with Crippen molar-refractivity contribution in [3.05, 3.63) is 53.0 Å². The van der Waals surface area contributed by atoms with Crippen molar-refractivity contribution in [3.63, 3.8) is 0 Å². The number of hydrogen-bond acceptors (Lipinski definition) is 5. The van der Waals surface area contributed by atoms with Crippen molar-refractivity contribution in [1.82, 2.24) is 20.0 Å². The lowest BCUT2D eigenvalue weighted by atomic mass is 9.90. The number of hydrogen-bond donors (Lipinski definition) is 1. The third kappa shape index (κ3) is 3.10. The predicted molar refractivity (Wildman–Crippen MR) is 107 cm³/mol. The number of amides is 1. The topological polar surface area (TPSA) is 84.2 Å². The number of nitrogens with one attached hydrogen (secondary N) is 1.